The van der Waals surface area contributed by atoms with Gasteiger partial charge in [0.25, 0.3) is 11.8 Å². The van der Waals surface area contributed by atoms with Gasteiger partial charge in [0.1, 0.15) is 5.15 Å². The Morgan fingerprint density at radius 2 is 1.56 bits per heavy atom. The number of carbonyl (C=O) groups is 2. The minimum Gasteiger partial charge on any atom is -0.268 e. The number of hydrogen-bond donors (Lipinski definition) is 0. The summed E-state index contributed by atoms with van der Waals surface area (Å²) in [6.45, 7) is 1.99. The maximum absolute atomic E-state index is 13.5. The molecule has 2 heterocycles. The monoisotopic (exact) mass is 458 g/mol. The number of carbonyl (C=O) groups excluding carboxylic acids is 2. The lowest BCUT2D eigenvalue weighted by Crippen LogP contribution is -2.41. The zero-order chi connectivity index (χ0) is 22.4. The van der Waals surface area contributed by atoms with Crippen molar-refractivity contribution in [2.45, 2.75) is 6.92 Å². The van der Waals surface area contributed by atoms with Gasteiger partial charge in [0.05, 0.1) is 11.2 Å². The second-order valence-electron chi connectivity index (χ2n) is 7.59. The molecule has 1 aromatic heterocycles. The first-order chi connectivity index (χ1) is 15.4. The Labute approximate surface area is 194 Å². The van der Waals surface area contributed by atoms with Crippen molar-refractivity contribution in [2.75, 3.05) is 4.90 Å². The van der Waals surface area contributed by atoms with E-state index in [0.717, 1.165) is 21.4 Å². The topological polar surface area (TPSA) is 50.3 Å². The van der Waals surface area contributed by atoms with E-state index in [2.05, 4.69) is 4.98 Å². The molecule has 0 spiro atoms. The summed E-state index contributed by atoms with van der Waals surface area (Å²) in [4.78, 5) is 32.4. The van der Waals surface area contributed by atoms with Crippen LogP contribution in [0.2, 0.25) is 10.2 Å². The SMILES string of the molecule is Cc1ccc2cc(/C=C3/C(=O)N(c4ccc(Cl)cc4)C(=O)c4ccccc43)c(Cl)nc2c1. The van der Waals surface area contributed by atoms with Gasteiger partial charge in [0.15, 0.2) is 0 Å². The molecule has 156 valence electrons. The van der Waals surface area contributed by atoms with E-state index in [1.54, 1.807) is 54.6 Å². The predicted octanol–water partition coefficient (Wildman–Crippen LogP) is 6.58. The normalized spacial score (nSPS) is 14.8. The Morgan fingerprint density at radius 1 is 0.844 bits per heavy atom. The van der Waals surface area contributed by atoms with Crippen LogP contribution in [0.3, 0.4) is 0 Å². The van der Waals surface area contributed by atoms with Crippen LogP contribution in [0.4, 0.5) is 5.69 Å². The Balaban J connectivity index is 1.70. The zero-order valence-electron chi connectivity index (χ0n) is 17.0. The third kappa shape index (κ3) is 3.48. The number of aromatic nitrogens is 1. The van der Waals surface area contributed by atoms with Crippen LogP contribution in [0, 0.1) is 6.92 Å². The molecular formula is C26H16Cl2N2O2. The maximum atomic E-state index is 13.5. The van der Waals surface area contributed by atoms with Crippen molar-refractivity contribution in [1.82, 2.24) is 4.98 Å². The van der Waals surface area contributed by atoms with E-state index < -0.39 is 5.91 Å². The van der Waals surface area contributed by atoms with Crippen LogP contribution in [0.25, 0.3) is 22.6 Å². The molecule has 1 aliphatic heterocycles. The van der Waals surface area contributed by atoms with E-state index in [-0.39, 0.29) is 11.1 Å². The molecule has 0 saturated heterocycles. The van der Waals surface area contributed by atoms with Crippen LogP contribution in [-0.4, -0.2) is 16.8 Å². The molecule has 0 bridgehead atoms. The van der Waals surface area contributed by atoms with E-state index in [4.69, 9.17) is 23.2 Å². The summed E-state index contributed by atoms with van der Waals surface area (Å²) in [5, 5.41) is 1.72. The van der Waals surface area contributed by atoms with E-state index in [0.29, 0.717) is 33.0 Å². The quantitative estimate of drug-likeness (QED) is 0.193. The average Bonchev–Trinajstić information content (AvgIpc) is 2.78. The first-order valence-corrected chi connectivity index (χ1v) is 10.7. The fourth-order valence-electron chi connectivity index (χ4n) is 3.84. The molecule has 0 fully saturated rings. The summed E-state index contributed by atoms with van der Waals surface area (Å²) in [5.41, 5.74) is 4.28. The van der Waals surface area contributed by atoms with Crippen LogP contribution >= 0.6 is 23.2 Å². The number of rotatable bonds is 2. The van der Waals surface area contributed by atoms with Gasteiger partial charge in [-0.15, -0.1) is 0 Å². The van der Waals surface area contributed by atoms with E-state index in [1.165, 1.54) is 0 Å². The summed E-state index contributed by atoms with van der Waals surface area (Å²) in [5.74, 6) is -0.820. The minimum atomic E-state index is -0.434. The fourth-order valence-corrected chi connectivity index (χ4v) is 4.17. The highest BCUT2D eigenvalue weighted by atomic mass is 35.5. The molecule has 6 heteroatoms. The van der Waals surface area contributed by atoms with Crippen LogP contribution < -0.4 is 4.90 Å². The number of benzene rings is 3. The van der Waals surface area contributed by atoms with Gasteiger partial charge in [-0.05, 0) is 66.6 Å². The lowest BCUT2D eigenvalue weighted by Gasteiger charge is -2.28. The molecule has 0 aliphatic carbocycles. The third-order valence-corrected chi connectivity index (χ3v) is 5.98. The second kappa shape index (κ2) is 7.90. The maximum Gasteiger partial charge on any atom is 0.265 e. The summed E-state index contributed by atoms with van der Waals surface area (Å²) >= 11 is 12.5. The molecule has 1 aliphatic rings. The molecule has 2 amide bonds. The largest absolute Gasteiger partial charge is 0.268 e. The molecule has 4 nitrogen and oxygen atoms in total. The number of pyridine rings is 1. The first-order valence-electron chi connectivity index (χ1n) is 9.95. The van der Waals surface area contributed by atoms with Crippen molar-refractivity contribution >= 4 is 63.3 Å². The van der Waals surface area contributed by atoms with Gasteiger partial charge in [-0.2, -0.15) is 0 Å². The van der Waals surface area contributed by atoms with E-state index in [1.807, 2.05) is 31.2 Å². The van der Waals surface area contributed by atoms with Gasteiger partial charge < -0.3 is 0 Å². The highest BCUT2D eigenvalue weighted by Gasteiger charge is 2.35. The molecule has 0 atom stereocenters. The Kier molecular flexibility index (Phi) is 5.04. The van der Waals surface area contributed by atoms with Gasteiger partial charge in [-0.3, -0.25) is 9.59 Å². The standard InChI is InChI=1S/C26H16Cl2N2O2/c1-15-6-7-16-13-17(24(28)29-23(16)12-15)14-22-20-4-2-3-5-21(20)25(31)30(26(22)32)19-10-8-18(27)9-11-19/h2-14H,1H3/b22-14+. The number of aryl methyl sites for hydroxylation is 1. The van der Waals surface area contributed by atoms with Crippen molar-refractivity contribution in [3.05, 3.63) is 105 Å². The van der Waals surface area contributed by atoms with Crippen LogP contribution in [0.1, 0.15) is 27.0 Å². The van der Waals surface area contributed by atoms with Crippen molar-refractivity contribution in [3.63, 3.8) is 0 Å². The van der Waals surface area contributed by atoms with Gasteiger partial charge in [0, 0.05) is 27.1 Å². The lowest BCUT2D eigenvalue weighted by atomic mass is 9.91. The number of hydrogen-bond acceptors (Lipinski definition) is 3. The lowest BCUT2D eigenvalue weighted by molar-refractivity contribution is -0.112. The Morgan fingerprint density at radius 3 is 2.31 bits per heavy atom. The van der Waals surface area contributed by atoms with Crippen molar-refractivity contribution < 1.29 is 9.59 Å². The summed E-state index contributed by atoms with van der Waals surface area (Å²) < 4.78 is 0. The summed E-state index contributed by atoms with van der Waals surface area (Å²) in [6, 6.07) is 21.5. The molecule has 32 heavy (non-hydrogen) atoms. The molecule has 4 aromatic rings. The summed E-state index contributed by atoms with van der Waals surface area (Å²) in [7, 11) is 0. The van der Waals surface area contributed by atoms with Crippen LogP contribution in [-0.2, 0) is 4.79 Å². The van der Waals surface area contributed by atoms with Crippen molar-refractivity contribution in [1.29, 1.82) is 0 Å². The Hall–Kier alpha value is -3.47. The number of halogens is 2. The minimum absolute atomic E-state index is 0.288. The van der Waals surface area contributed by atoms with Gasteiger partial charge in [-0.1, -0.05) is 53.5 Å². The van der Waals surface area contributed by atoms with Crippen molar-refractivity contribution in [2.24, 2.45) is 0 Å². The highest BCUT2D eigenvalue weighted by Crippen LogP contribution is 2.35. The molecule has 3 aromatic carbocycles. The number of amides is 2. The van der Waals surface area contributed by atoms with Gasteiger partial charge in [0.2, 0.25) is 0 Å². The van der Waals surface area contributed by atoms with Gasteiger partial charge in [-0.25, -0.2) is 9.88 Å². The molecule has 5 rings (SSSR count). The van der Waals surface area contributed by atoms with Crippen molar-refractivity contribution in [3.8, 4) is 0 Å². The number of imide groups is 1. The van der Waals surface area contributed by atoms with Crippen LogP contribution in [0.5, 0.6) is 0 Å². The molecular weight excluding hydrogens is 443 g/mol. The zero-order valence-corrected chi connectivity index (χ0v) is 18.5. The molecule has 0 unspecified atom stereocenters. The molecule has 0 radical (unpaired) electrons. The number of anilines is 1. The van der Waals surface area contributed by atoms with Crippen LogP contribution in [0.15, 0.2) is 72.8 Å². The third-order valence-electron chi connectivity index (χ3n) is 5.42. The average molecular weight is 459 g/mol. The smallest absolute Gasteiger partial charge is 0.265 e. The molecule has 0 saturated carbocycles. The predicted molar refractivity (Wildman–Crippen MR) is 129 cm³/mol. The van der Waals surface area contributed by atoms with E-state index in [9.17, 15) is 9.59 Å². The highest BCUT2D eigenvalue weighted by molar-refractivity contribution is 6.43. The first kappa shape index (κ1) is 20.4. The van der Waals surface area contributed by atoms with Gasteiger partial charge >= 0.3 is 0 Å². The number of nitrogens with zero attached hydrogens (tertiary/aromatic N) is 2. The fraction of sp³-hybridized carbons (Fsp3) is 0.0385. The Bertz CT molecular complexity index is 1440. The molecule has 0 N–H and O–H groups in total. The summed E-state index contributed by atoms with van der Waals surface area (Å²) in [6.07, 6.45) is 1.70. The second-order valence-corrected chi connectivity index (χ2v) is 8.38. The number of fused-ring (bicyclic) bond motifs is 2. The van der Waals surface area contributed by atoms with E-state index >= 15 is 0 Å².